The van der Waals surface area contributed by atoms with Crippen LogP contribution < -0.4 is 0 Å². The maximum atomic E-state index is 13.1. The fourth-order valence-corrected chi connectivity index (χ4v) is 9.78. The first kappa shape index (κ1) is 30.1. The number of aromatic amines is 2. The molecule has 4 aromatic rings. The normalized spacial score (nSPS) is 26.3. The number of carbonyl (C=O) groups excluding carboxylic acids is 2. The van der Waals surface area contributed by atoms with Crippen LogP contribution in [0.3, 0.4) is 0 Å². The van der Waals surface area contributed by atoms with Crippen LogP contribution in [0.1, 0.15) is 49.2 Å². The summed E-state index contributed by atoms with van der Waals surface area (Å²) in [7, 11) is 0. The number of ketones is 1. The molecule has 0 aliphatic carbocycles. The van der Waals surface area contributed by atoms with Crippen molar-refractivity contribution in [3.8, 4) is 33.6 Å². The molecule has 0 saturated carbocycles. The molecule has 1 unspecified atom stereocenters. The molecule has 6 heterocycles. The summed E-state index contributed by atoms with van der Waals surface area (Å²) in [6, 6.07) is 21.4. The van der Waals surface area contributed by atoms with E-state index in [4.69, 9.17) is 9.47 Å². The molecule has 238 valence electrons. The zero-order valence-corrected chi connectivity index (χ0v) is 27.3. The van der Waals surface area contributed by atoms with Crippen LogP contribution in [0.2, 0.25) is 0 Å². The van der Waals surface area contributed by atoms with Crippen molar-refractivity contribution in [2.24, 2.45) is 5.92 Å². The van der Waals surface area contributed by atoms with Crippen molar-refractivity contribution in [1.82, 2.24) is 19.9 Å². The summed E-state index contributed by atoms with van der Waals surface area (Å²) >= 11 is 3.63. The molecule has 2 aromatic heterocycles. The Morgan fingerprint density at radius 1 is 0.739 bits per heavy atom. The predicted molar refractivity (Wildman–Crippen MR) is 183 cm³/mol. The molecule has 0 radical (unpaired) electrons. The average Bonchev–Trinajstić information content (AvgIpc) is 3.95. The zero-order chi connectivity index (χ0) is 31.0. The van der Waals surface area contributed by atoms with Crippen molar-refractivity contribution in [3.05, 3.63) is 78.4 Å². The lowest BCUT2D eigenvalue weighted by Gasteiger charge is -2.24. The fourth-order valence-electron chi connectivity index (χ4n) is 7.16. The van der Waals surface area contributed by atoms with E-state index in [1.807, 2.05) is 22.9 Å². The van der Waals surface area contributed by atoms with E-state index in [1.54, 1.807) is 11.8 Å². The van der Waals surface area contributed by atoms with E-state index >= 15 is 0 Å². The SMILES string of the molecule is O=C(C1CSC[C@H]1c1ccc(-c2ccc(-c3ccc(-c4cnc([C@@H]5CSCN5C(=O)[C@H]5CCCO5)[nH]4)cc3)cc2)[nH]1)[C@H]1CCCO1. The minimum Gasteiger partial charge on any atom is -0.370 e. The first-order valence-corrected chi connectivity index (χ1v) is 18.6. The Kier molecular flexibility index (Phi) is 8.53. The molecular weight excluding hydrogens is 617 g/mol. The van der Waals surface area contributed by atoms with E-state index in [2.05, 4.69) is 75.6 Å². The third kappa shape index (κ3) is 5.85. The number of amides is 1. The van der Waals surface area contributed by atoms with Gasteiger partial charge in [-0.2, -0.15) is 11.8 Å². The second-order valence-corrected chi connectivity index (χ2v) is 14.7. The van der Waals surface area contributed by atoms with Gasteiger partial charge in [-0.3, -0.25) is 9.59 Å². The molecule has 4 fully saturated rings. The van der Waals surface area contributed by atoms with Crippen LogP contribution >= 0.6 is 23.5 Å². The van der Waals surface area contributed by atoms with E-state index in [9.17, 15) is 9.59 Å². The van der Waals surface area contributed by atoms with Gasteiger partial charge in [-0.25, -0.2) is 4.98 Å². The molecule has 5 atom stereocenters. The molecule has 46 heavy (non-hydrogen) atoms. The second kappa shape index (κ2) is 13.1. The summed E-state index contributed by atoms with van der Waals surface area (Å²) < 4.78 is 11.4. The van der Waals surface area contributed by atoms with Crippen molar-refractivity contribution in [2.75, 3.05) is 36.3 Å². The number of thioether (sulfide) groups is 2. The van der Waals surface area contributed by atoms with E-state index < -0.39 is 0 Å². The Hall–Kier alpha value is -3.31. The summed E-state index contributed by atoms with van der Waals surface area (Å²) in [6.45, 7) is 1.38. The summed E-state index contributed by atoms with van der Waals surface area (Å²) in [5, 5.41) is 0. The molecule has 8 rings (SSSR count). The van der Waals surface area contributed by atoms with Gasteiger partial charge >= 0.3 is 0 Å². The Labute approximate surface area is 277 Å². The van der Waals surface area contributed by atoms with Gasteiger partial charge in [0, 0.05) is 53.7 Å². The van der Waals surface area contributed by atoms with E-state index in [0.717, 1.165) is 88.1 Å². The van der Waals surface area contributed by atoms with Gasteiger partial charge in [-0.15, -0.1) is 11.8 Å². The van der Waals surface area contributed by atoms with Crippen molar-refractivity contribution < 1.29 is 19.1 Å². The molecule has 2 aromatic carbocycles. The first-order valence-electron chi connectivity index (χ1n) is 16.3. The molecule has 2 N–H and O–H groups in total. The zero-order valence-electron chi connectivity index (χ0n) is 25.7. The van der Waals surface area contributed by atoms with Gasteiger partial charge in [0.25, 0.3) is 5.91 Å². The monoisotopic (exact) mass is 654 g/mol. The van der Waals surface area contributed by atoms with Crippen LogP contribution in [0.5, 0.6) is 0 Å². The maximum absolute atomic E-state index is 13.1. The third-order valence-corrected chi connectivity index (χ3v) is 12.0. The number of ether oxygens (including phenoxy) is 2. The number of Topliss-reactive ketones (excluding diaryl/α,β-unsaturated/α-hetero) is 1. The molecule has 4 aliphatic heterocycles. The number of carbonyl (C=O) groups is 2. The maximum Gasteiger partial charge on any atom is 0.253 e. The lowest BCUT2D eigenvalue weighted by Crippen LogP contribution is -2.39. The summed E-state index contributed by atoms with van der Waals surface area (Å²) in [6.07, 6.45) is 4.94. The lowest BCUT2D eigenvalue weighted by molar-refractivity contribution is -0.141. The molecule has 0 bridgehead atoms. The molecular formula is C36H38N4O4S2. The molecule has 0 spiro atoms. The standard InChI is InChI=1S/C36H38N4O4S2/c41-34(32-3-1-15-43-32)27-19-45-18-26(27)29-14-13-28(38-29)24-9-5-22(6-10-24)23-7-11-25(12-8-23)30-17-37-35(39-30)31-20-46-21-40(31)36(42)33-4-2-16-44-33/h5-14,17,26-27,31-33,38H,1-4,15-16,18-21H2,(H,37,39)/t26-,27?,31+,32-,33-/m1/s1. The number of hydrogen-bond donors (Lipinski definition) is 2. The molecule has 4 aliphatic rings. The largest absolute Gasteiger partial charge is 0.370 e. The fraction of sp³-hybridized carbons (Fsp3) is 0.417. The van der Waals surface area contributed by atoms with Crippen LogP contribution in [0.25, 0.3) is 33.6 Å². The minimum atomic E-state index is -0.310. The molecule has 4 saturated heterocycles. The Morgan fingerprint density at radius 3 is 2.11 bits per heavy atom. The highest BCUT2D eigenvalue weighted by Crippen LogP contribution is 2.40. The molecule has 10 heteroatoms. The van der Waals surface area contributed by atoms with Crippen LogP contribution in [0.4, 0.5) is 0 Å². The molecule has 8 nitrogen and oxygen atoms in total. The molecule has 1 amide bonds. The number of nitrogens with one attached hydrogen (secondary N) is 2. The minimum absolute atomic E-state index is 0.0237. The lowest BCUT2D eigenvalue weighted by atomic mass is 9.86. The number of benzene rings is 2. The van der Waals surface area contributed by atoms with E-state index in [0.29, 0.717) is 19.1 Å². The summed E-state index contributed by atoms with van der Waals surface area (Å²) in [5.74, 6) is 4.78. The van der Waals surface area contributed by atoms with Crippen molar-refractivity contribution >= 4 is 35.2 Å². The second-order valence-electron chi connectivity index (χ2n) is 12.6. The van der Waals surface area contributed by atoms with Gasteiger partial charge in [-0.1, -0.05) is 48.5 Å². The Balaban J connectivity index is 0.927. The van der Waals surface area contributed by atoms with Crippen LogP contribution in [-0.2, 0) is 19.1 Å². The number of nitrogens with zero attached hydrogens (tertiary/aromatic N) is 2. The van der Waals surface area contributed by atoms with Crippen LogP contribution in [0.15, 0.2) is 66.9 Å². The van der Waals surface area contributed by atoms with E-state index in [1.165, 1.54) is 0 Å². The predicted octanol–water partition coefficient (Wildman–Crippen LogP) is 6.69. The van der Waals surface area contributed by atoms with Gasteiger partial charge in [0.2, 0.25) is 0 Å². The highest BCUT2D eigenvalue weighted by atomic mass is 32.2. The van der Waals surface area contributed by atoms with Crippen LogP contribution in [-0.4, -0.2) is 80.1 Å². The Bertz CT molecular complexity index is 1560. The number of imidazole rings is 1. The topological polar surface area (TPSA) is 100 Å². The Morgan fingerprint density at radius 2 is 1.41 bits per heavy atom. The van der Waals surface area contributed by atoms with Crippen molar-refractivity contribution in [3.63, 3.8) is 0 Å². The highest BCUT2D eigenvalue weighted by Gasteiger charge is 2.40. The number of aromatic nitrogens is 3. The number of hydrogen-bond acceptors (Lipinski definition) is 7. The van der Waals surface area contributed by atoms with Crippen molar-refractivity contribution in [1.29, 1.82) is 0 Å². The van der Waals surface area contributed by atoms with Crippen LogP contribution in [0, 0.1) is 5.92 Å². The third-order valence-electron chi connectivity index (χ3n) is 9.81. The van der Waals surface area contributed by atoms with Gasteiger partial charge in [0.1, 0.15) is 18.0 Å². The van der Waals surface area contributed by atoms with Gasteiger partial charge < -0.3 is 24.3 Å². The first-order chi connectivity index (χ1) is 22.6. The van der Waals surface area contributed by atoms with Crippen molar-refractivity contribution in [2.45, 2.75) is 49.9 Å². The van der Waals surface area contributed by atoms with Gasteiger partial charge in [0.15, 0.2) is 5.78 Å². The average molecular weight is 655 g/mol. The summed E-state index contributed by atoms with van der Waals surface area (Å²) in [4.78, 5) is 39.9. The summed E-state index contributed by atoms with van der Waals surface area (Å²) in [5.41, 5.74) is 7.63. The quantitative estimate of drug-likeness (QED) is 0.219. The highest BCUT2D eigenvalue weighted by molar-refractivity contribution is 7.99. The van der Waals surface area contributed by atoms with Gasteiger partial charge in [0.05, 0.1) is 23.8 Å². The van der Waals surface area contributed by atoms with Gasteiger partial charge in [-0.05, 0) is 60.1 Å². The smallest absolute Gasteiger partial charge is 0.253 e. The van der Waals surface area contributed by atoms with E-state index in [-0.39, 0.29) is 41.8 Å². The number of rotatable bonds is 8. The number of H-pyrrole nitrogens is 2.